The van der Waals surface area contributed by atoms with Crippen LogP contribution < -0.4 is 0 Å². The Hall–Kier alpha value is -1.39. The summed E-state index contributed by atoms with van der Waals surface area (Å²) in [7, 11) is 3.69. The minimum atomic E-state index is -0.673. The second-order valence-corrected chi connectivity index (χ2v) is 4.27. The standard InChI is InChI=1S/C13H19NO3/c1-14(2)9-12(15)8-13(16)17-10-11-6-4-3-5-7-11/h3-7,12,15H,8-10H2,1-2H3/t12-/m1/s1. The molecule has 0 saturated heterocycles. The van der Waals surface area contributed by atoms with Crippen molar-refractivity contribution in [1.82, 2.24) is 4.90 Å². The average molecular weight is 237 g/mol. The van der Waals surface area contributed by atoms with Crippen LogP contribution in [-0.4, -0.2) is 42.7 Å². The normalized spacial score (nSPS) is 12.5. The molecule has 0 radical (unpaired) electrons. The smallest absolute Gasteiger partial charge is 0.308 e. The Bertz CT molecular complexity index is 338. The molecule has 0 fully saturated rings. The van der Waals surface area contributed by atoms with E-state index in [2.05, 4.69) is 0 Å². The van der Waals surface area contributed by atoms with Gasteiger partial charge in [0.05, 0.1) is 12.5 Å². The molecule has 0 unspecified atom stereocenters. The molecule has 0 aliphatic rings. The summed E-state index contributed by atoms with van der Waals surface area (Å²) in [6.45, 7) is 0.717. The number of aliphatic hydroxyl groups excluding tert-OH is 1. The highest BCUT2D eigenvalue weighted by atomic mass is 16.5. The van der Waals surface area contributed by atoms with Crippen molar-refractivity contribution in [2.75, 3.05) is 20.6 Å². The molecule has 0 saturated carbocycles. The molecule has 1 aromatic rings. The first kappa shape index (κ1) is 13.7. The fourth-order valence-electron chi connectivity index (χ4n) is 1.48. The van der Waals surface area contributed by atoms with E-state index >= 15 is 0 Å². The van der Waals surface area contributed by atoms with Crippen LogP contribution >= 0.6 is 0 Å². The molecule has 0 bridgehead atoms. The number of rotatable bonds is 6. The van der Waals surface area contributed by atoms with E-state index in [1.165, 1.54) is 0 Å². The average Bonchev–Trinajstić information content (AvgIpc) is 2.26. The predicted molar refractivity (Wildman–Crippen MR) is 65.4 cm³/mol. The maximum Gasteiger partial charge on any atom is 0.308 e. The third-order valence-corrected chi connectivity index (χ3v) is 2.22. The summed E-state index contributed by atoms with van der Waals surface area (Å²) in [5, 5.41) is 9.54. The zero-order valence-corrected chi connectivity index (χ0v) is 10.3. The van der Waals surface area contributed by atoms with Gasteiger partial charge >= 0.3 is 5.97 Å². The number of likely N-dealkylation sites (N-methyl/N-ethyl adjacent to an activating group) is 1. The second kappa shape index (κ2) is 7.04. The van der Waals surface area contributed by atoms with Gasteiger partial charge < -0.3 is 14.7 Å². The second-order valence-electron chi connectivity index (χ2n) is 4.27. The third-order valence-electron chi connectivity index (χ3n) is 2.22. The molecule has 0 aromatic heterocycles. The lowest BCUT2D eigenvalue weighted by Crippen LogP contribution is -2.28. The minimum absolute atomic E-state index is 0.0328. The molecule has 0 spiro atoms. The molecular formula is C13H19NO3. The molecule has 1 rings (SSSR count). The number of aliphatic hydroxyl groups is 1. The van der Waals surface area contributed by atoms with Gasteiger partial charge in [-0.25, -0.2) is 0 Å². The van der Waals surface area contributed by atoms with Crippen LogP contribution in [-0.2, 0) is 16.1 Å². The van der Waals surface area contributed by atoms with Gasteiger partial charge in [-0.1, -0.05) is 30.3 Å². The molecular weight excluding hydrogens is 218 g/mol. The Morgan fingerprint density at radius 3 is 2.59 bits per heavy atom. The maximum atomic E-state index is 11.4. The first-order valence-electron chi connectivity index (χ1n) is 5.60. The topological polar surface area (TPSA) is 49.8 Å². The number of ether oxygens (including phenoxy) is 1. The van der Waals surface area contributed by atoms with Crippen molar-refractivity contribution >= 4 is 5.97 Å². The molecule has 0 aliphatic carbocycles. The summed E-state index contributed by atoms with van der Waals surface area (Å²) in [4.78, 5) is 13.2. The van der Waals surface area contributed by atoms with E-state index in [-0.39, 0.29) is 19.0 Å². The van der Waals surface area contributed by atoms with Crippen molar-refractivity contribution in [1.29, 1.82) is 0 Å². The van der Waals surface area contributed by atoms with Gasteiger partial charge in [0.25, 0.3) is 0 Å². The summed E-state index contributed by atoms with van der Waals surface area (Å²) in [6, 6.07) is 9.48. The van der Waals surface area contributed by atoms with Gasteiger partial charge in [0.1, 0.15) is 6.61 Å². The van der Waals surface area contributed by atoms with Crippen LogP contribution in [0.15, 0.2) is 30.3 Å². The largest absolute Gasteiger partial charge is 0.461 e. The summed E-state index contributed by atoms with van der Waals surface area (Å²) < 4.78 is 5.06. The van der Waals surface area contributed by atoms with E-state index in [4.69, 9.17) is 4.74 Å². The van der Waals surface area contributed by atoms with E-state index in [9.17, 15) is 9.90 Å². The van der Waals surface area contributed by atoms with Crippen LogP contribution in [0.2, 0.25) is 0 Å². The summed E-state index contributed by atoms with van der Waals surface area (Å²) in [5.41, 5.74) is 0.947. The van der Waals surface area contributed by atoms with Gasteiger partial charge in [0.15, 0.2) is 0 Å². The number of benzene rings is 1. The summed E-state index contributed by atoms with van der Waals surface area (Å²) >= 11 is 0. The quantitative estimate of drug-likeness (QED) is 0.751. The van der Waals surface area contributed by atoms with Crippen molar-refractivity contribution in [3.63, 3.8) is 0 Å². The summed E-state index contributed by atoms with van der Waals surface area (Å²) in [5.74, 6) is -0.372. The van der Waals surface area contributed by atoms with E-state index < -0.39 is 6.10 Å². The maximum absolute atomic E-state index is 11.4. The van der Waals surface area contributed by atoms with Gasteiger partial charge in [-0.2, -0.15) is 0 Å². The zero-order valence-electron chi connectivity index (χ0n) is 10.3. The van der Waals surface area contributed by atoms with Crippen molar-refractivity contribution < 1.29 is 14.6 Å². The molecule has 94 valence electrons. The molecule has 4 heteroatoms. The van der Waals surface area contributed by atoms with Crippen LogP contribution in [0.4, 0.5) is 0 Å². The van der Waals surface area contributed by atoms with E-state index in [0.717, 1.165) is 5.56 Å². The molecule has 0 amide bonds. The van der Waals surface area contributed by atoms with Gasteiger partial charge in [0.2, 0.25) is 0 Å². The number of hydrogen-bond donors (Lipinski definition) is 1. The lowest BCUT2D eigenvalue weighted by Gasteiger charge is -2.15. The highest BCUT2D eigenvalue weighted by molar-refractivity contribution is 5.69. The number of carbonyl (C=O) groups is 1. The van der Waals surface area contributed by atoms with Crippen molar-refractivity contribution in [3.8, 4) is 0 Å². The van der Waals surface area contributed by atoms with Crippen LogP contribution in [0.1, 0.15) is 12.0 Å². The molecule has 1 N–H and O–H groups in total. The number of esters is 1. The summed E-state index contributed by atoms with van der Waals surface area (Å²) in [6.07, 6.45) is -0.640. The first-order chi connectivity index (χ1) is 8.08. The van der Waals surface area contributed by atoms with Crippen molar-refractivity contribution in [2.24, 2.45) is 0 Å². The van der Waals surface area contributed by atoms with Gasteiger partial charge in [-0.05, 0) is 19.7 Å². The van der Waals surface area contributed by atoms with Crippen molar-refractivity contribution in [3.05, 3.63) is 35.9 Å². The van der Waals surface area contributed by atoms with E-state index in [1.807, 2.05) is 49.3 Å². The zero-order chi connectivity index (χ0) is 12.7. The Balaban J connectivity index is 2.26. The fourth-order valence-corrected chi connectivity index (χ4v) is 1.48. The Kier molecular flexibility index (Phi) is 5.66. The molecule has 1 aromatic carbocycles. The van der Waals surface area contributed by atoms with Crippen LogP contribution in [0.25, 0.3) is 0 Å². The fraction of sp³-hybridized carbons (Fsp3) is 0.462. The minimum Gasteiger partial charge on any atom is -0.461 e. The van der Waals surface area contributed by atoms with E-state index in [0.29, 0.717) is 6.54 Å². The van der Waals surface area contributed by atoms with Crippen molar-refractivity contribution in [2.45, 2.75) is 19.1 Å². The third kappa shape index (κ3) is 6.04. The van der Waals surface area contributed by atoms with Gasteiger partial charge in [-0.3, -0.25) is 4.79 Å². The van der Waals surface area contributed by atoms with Crippen LogP contribution in [0, 0.1) is 0 Å². The number of carbonyl (C=O) groups excluding carboxylic acids is 1. The highest BCUT2D eigenvalue weighted by Gasteiger charge is 2.12. The Morgan fingerprint density at radius 2 is 2.00 bits per heavy atom. The molecule has 17 heavy (non-hydrogen) atoms. The van der Waals surface area contributed by atoms with E-state index in [1.54, 1.807) is 0 Å². The van der Waals surface area contributed by atoms with Crippen LogP contribution in [0.3, 0.4) is 0 Å². The Morgan fingerprint density at radius 1 is 1.35 bits per heavy atom. The SMILES string of the molecule is CN(C)C[C@H](O)CC(=O)OCc1ccccc1. The Labute approximate surface area is 102 Å². The number of hydrogen-bond acceptors (Lipinski definition) is 4. The van der Waals surface area contributed by atoms with Gasteiger partial charge in [-0.15, -0.1) is 0 Å². The monoisotopic (exact) mass is 237 g/mol. The lowest BCUT2D eigenvalue weighted by atomic mass is 10.2. The molecule has 1 atom stereocenters. The highest BCUT2D eigenvalue weighted by Crippen LogP contribution is 2.03. The number of nitrogens with zero attached hydrogens (tertiary/aromatic N) is 1. The predicted octanol–water partition coefficient (Wildman–Crippen LogP) is 1.04. The molecule has 0 heterocycles. The van der Waals surface area contributed by atoms with Gasteiger partial charge in [0, 0.05) is 6.54 Å². The molecule has 4 nitrogen and oxygen atoms in total. The van der Waals surface area contributed by atoms with Crippen LogP contribution in [0.5, 0.6) is 0 Å². The molecule has 0 aliphatic heterocycles. The first-order valence-corrected chi connectivity index (χ1v) is 5.60. The lowest BCUT2D eigenvalue weighted by molar-refractivity contribution is -0.147.